The number of methoxy groups -OCH3 is 1. The van der Waals surface area contributed by atoms with Crippen LogP contribution in [0, 0.1) is 0 Å². The van der Waals surface area contributed by atoms with Crippen LogP contribution in [-0.2, 0) is 13.1 Å². The van der Waals surface area contributed by atoms with Crippen molar-refractivity contribution in [3.63, 3.8) is 0 Å². The third-order valence-electron chi connectivity index (χ3n) is 9.77. The molecule has 0 saturated heterocycles. The van der Waals surface area contributed by atoms with E-state index in [2.05, 4.69) is 40.5 Å². The number of imidazole rings is 1. The Morgan fingerprint density at radius 2 is 0.915 bits per heavy atom. The highest BCUT2D eigenvalue weighted by Crippen LogP contribution is 2.21. The summed E-state index contributed by atoms with van der Waals surface area (Å²) in [6.07, 6.45) is 43.3. The number of hydrogen-bond acceptors (Lipinski definition) is 3. The molecule has 0 unspecified atom stereocenters. The smallest absolute Gasteiger partial charge is 0.421 e. The minimum absolute atomic E-state index is 0.845. The summed E-state index contributed by atoms with van der Waals surface area (Å²) in [5, 5.41) is 9.38. The van der Waals surface area contributed by atoms with Gasteiger partial charge in [-0.1, -0.05) is 186 Å². The molecular formula is C42H75N4O+. The van der Waals surface area contributed by atoms with Crippen LogP contribution in [-0.4, -0.2) is 11.7 Å². The van der Waals surface area contributed by atoms with Crippen LogP contribution in [0.25, 0.3) is 0 Å². The van der Waals surface area contributed by atoms with Crippen molar-refractivity contribution in [3.05, 3.63) is 36.7 Å². The van der Waals surface area contributed by atoms with Crippen LogP contribution < -0.4 is 9.30 Å². The fourth-order valence-electron chi connectivity index (χ4n) is 6.63. The molecule has 1 heterocycles. The lowest BCUT2D eigenvalue weighted by atomic mass is 10.0. The van der Waals surface area contributed by atoms with Crippen molar-refractivity contribution in [3.8, 4) is 5.75 Å². The first-order chi connectivity index (χ1) is 23.3. The number of aryl methyl sites for hydroxylation is 2. The maximum atomic E-state index is 5.31. The first-order valence-electron chi connectivity index (χ1n) is 20.4. The normalized spacial score (nSPS) is 11.6. The average Bonchev–Trinajstić information content (AvgIpc) is 3.48. The molecule has 47 heavy (non-hydrogen) atoms. The van der Waals surface area contributed by atoms with Gasteiger partial charge in [0.2, 0.25) is 0 Å². The maximum absolute atomic E-state index is 5.31. The molecule has 0 saturated carbocycles. The van der Waals surface area contributed by atoms with Crippen molar-refractivity contribution in [2.75, 3.05) is 7.11 Å². The fourth-order valence-corrected chi connectivity index (χ4v) is 6.63. The van der Waals surface area contributed by atoms with Crippen LogP contribution >= 0.6 is 0 Å². The molecule has 2 aromatic rings. The molecule has 0 spiro atoms. The summed E-state index contributed by atoms with van der Waals surface area (Å²) in [5.41, 5.74) is 0.859. The second-order valence-electron chi connectivity index (χ2n) is 14.1. The number of azo groups is 1. The van der Waals surface area contributed by atoms with Crippen LogP contribution in [0.3, 0.4) is 0 Å². The predicted octanol–water partition coefficient (Wildman–Crippen LogP) is 14.2. The summed E-state index contributed by atoms with van der Waals surface area (Å²) in [6, 6.07) is 7.85. The minimum Gasteiger partial charge on any atom is -0.497 e. The van der Waals surface area contributed by atoms with Crippen molar-refractivity contribution < 1.29 is 9.30 Å². The fraction of sp³-hybridized carbons (Fsp3) is 0.786. The van der Waals surface area contributed by atoms with Gasteiger partial charge in [0.05, 0.1) is 32.6 Å². The molecule has 1 aromatic heterocycles. The van der Waals surface area contributed by atoms with E-state index >= 15 is 0 Å². The molecule has 0 bridgehead atoms. The number of rotatable bonds is 33. The first-order valence-corrected chi connectivity index (χ1v) is 20.4. The molecule has 0 aliphatic carbocycles. The molecule has 268 valence electrons. The summed E-state index contributed by atoms with van der Waals surface area (Å²) < 4.78 is 9.94. The van der Waals surface area contributed by atoms with Gasteiger partial charge in [-0.3, -0.25) is 0 Å². The predicted molar refractivity (Wildman–Crippen MR) is 202 cm³/mol. The molecule has 0 aliphatic rings. The summed E-state index contributed by atoms with van der Waals surface area (Å²) in [4.78, 5) is 0. The molecule has 0 atom stereocenters. The third kappa shape index (κ3) is 21.4. The largest absolute Gasteiger partial charge is 0.497 e. The Labute approximate surface area is 291 Å². The summed E-state index contributed by atoms with van der Waals surface area (Å²) in [7, 11) is 1.70. The molecule has 0 fully saturated rings. The van der Waals surface area contributed by atoms with E-state index in [4.69, 9.17) is 9.85 Å². The second-order valence-corrected chi connectivity index (χ2v) is 14.1. The standard InChI is InChI=1S/C42H75N4O/c1-4-6-8-10-12-14-16-18-20-22-24-26-28-30-36-45-38-39-46(42(45)44-43-40-32-34-41(47-3)35-33-40)37-31-29-27-25-23-21-19-17-15-13-11-9-7-5-2/h32-35,38-39H,4-31,36-37H2,1-3H3/q+1. The van der Waals surface area contributed by atoms with Gasteiger partial charge in [-0.2, -0.15) is 0 Å². The van der Waals surface area contributed by atoms with Crippen molar-refractivity contribution >= 4 is 11.6 Å². The maximum Gasteiger partial charge on any atom is 0.421 e. The zero-order valence-electron chi connectivity index (χ0n) is 31.4. The molecule has 2 rings (SSSR count). The molecule has 0 radical (unpaired) electrons. The van der Waals surface area contributed by atoms with E-state index in [1.165, 1.54) is 180 Å². The van der Waals surface area contributed by atoms with Gasteiger partial charge < -0.3 is 4.74 Å². The molecule has 1 aromatic carbocycles. The minimum atomic E-state index is 0.845. The highest BCUT2D eigenvalue weighted by molar-refractivity contribution is 5.40. The molecular weight excluding hydrogens is 576 g/mol. The van der Waals surface area contributed by atoms with E-state index in [0.717, 1.165) is 30.5 Å². The number of nitrogens with zero attached hydrogens (tertiary/aromatic N) is 4. The Balaban J connectivity index is 1.66. The molecule has 0 amide bonds. The Hall–Kier alpha value is -2.17. The molecule has 5 heteroatoms. The van der Waals surface area contributed by atoms with E-state index in [9.17, 15) is 0 Å². The highest BCUT2D eigenvalue weighted by Gasteiger charge is 2.17. The van der Waals surface area contributed by atoms with Gasteiger partial charge >= 0.3 is 5.95 Å². The van der Waals surface area contributed by atoms with Crippen LogP contribution in [0.2, 0.25) is 0 Å². The Kier molecular flexibility index (Phi) is 26.1. The van der Waals surface area contributed by atoms with E-state index in [1.807, 2.05) is 24.3 Å². The van der Waals surface area contributed by atoms with Crippen molar-refractivity contribution in [1.29, 1.82) is 0 Å². The molecule has 0 aliphatic heterocycles. The highest BCUT2D eigenvalue weighted by atomic mass is 16.5. The van der Waals surface area contributed by atoms with Gasteiger partial charge in [-0.05, 0) is 37.1 Å². The zero-order chi connectivity index (χ0) is 33.5. The lowest BCUT2D eigenvalue weighted by Crippen LogP contribution is -2.32. The van der Waals surface area contributed by atoms with Crippen LogP contribution in [0.15, 0.2) is 46.9 Å². The van der Waals surface area contributed by atoms with E-state index in [-0.39, 0.29) is 0 Å². The van der Waals surface area contributed by atoms with Crippen LogP contribution in [0.5, 0.6) is 5.75 Å². The number of unbranched alkanes of at least 4 members (excludes halogenated alkanes) is 26. The SMILES string of the molecule is CCCCCCCCCCCCCCCCn1cc[n+](CCCCCCCCCCCCCCCC)c1N=Nc1ccc(OC)cc1. The lowest BCUT2D eigenvalue weighted by molar-refractivity contribution is -0.684. The van der Waals surface area contributed by atoms with Gasteiger partial charge in [0.25, 0.3) is 0 Å². The van der Waals surface area contributed by atoms with Crippen molar-refractivity contribution in [2.24, 2.45) is 10.2 Å². The van der Waals surface area contributed by atoms with Gasteiger partial charge in [-0.15, -0.1) is 0 Å². The third-order valence-corrected chi connectivity index (χ3v) is 9.77. The quantitative estimate of drug-likeness (QED) is 0.0430. The molecule has 0 N–H and O–H groups in total. The average molecular weight is 652 g/mol. The topological polar surface area (TPSA) is 42.8 Å². The van der Waals surface area contributed by atoms with Crippen molar-refractivity contribution in [2.45, 2.75) is 207 Å². The van der Waals surface area contributed by atoms with Crippen molar-refractivity contribution in [1.82, 2.24) is 4.57 Å². The Morgan fingerprint density at radius 1 is 0.511 bits per heavy atom. The summed E-state index contributed by atoms with van der Waals surface area (Å²) >= 11 is 0. The second kappa shape index (κ2) is 29.9. The van der Waals surface area contributed by atoms with Gasteiger partial charge in [0.15, 0.2) is 0 Å². The van der Waals surface area contributed by atoms with Crippen LogP contribution in [0.4, 0.5) is 11.6 Å². The van der Waals surface area contributed by atoms with Crippen LogP contribution in [0.1, 0.15) is 194 Å². The van der Waals surface area contributed by atoms with Gasteiger partial charge in [0, 0.05) is 5.11 Å². The summed E-state index contributed by atoms with van der Waals surface area (Å²) in [6.45, 7) is 6.63. The number of ether oxygens (including phenoxy) is 1. The number of aromatic nitrogens is 2. The first kappa shape index (κ1) is 41.0. The zero-order valence-corrected chi connectivity index (χ0v) is 31.4. The monoisotopic (exact) mass is 652 g/mol. The van der Waals surface area contributed by atoms with E-state index in [1.54, 1.807) is 7.11 Å². The van der Waals surface area contributed by atoms with Gasteiger partial charge in [-0.25, -0.2) is 9.13 Å². The van der Waals surface area contributed by atoms with Gasteiger partial charge in [0.1, 0.15) is 11.4 Å². The van der Waals surface area contributed by atoms with E-state index in [0.29, 0.717) is 0 Å². The van der Waals surface area contributed by atoms with E-state index < -0.39 is 0 Å². The number of hydrogen-bond donors (Lipinski definition) is 0. The number of benzene rings is 1. The lowest BCUT2D eigenvalue weighted by Gasteiger charge is -2.04. The Bertz CT molecular complexity index is 934. The summed E-state index contributed by atoms with van der Waals surface area (Å²) in [5.74, 6) is 1.82. The Morgan fingerprint density at radius 3 is 1.34 bits per heavy atom. The molecule has 5 nitrogen and oxygen atoms in total.